The molecule has 2 aromatic rings. The van der Waals surface area contributed by atoms with Crippen molar-refractivity contribution in [3.8, 4) is 11.1 Å². The maximum atomic E-state index is 13.0. The van der Waals surface area contributed by atoms with Crippen LogP contribution in [0.4, 0.5) is 10.1 Å². The van der Waals surface area contributed by atoms with Gasteiger partial charge >= 0.3 is 5.69 Å². The Labute approximate surface area is 84.1 Å². The van der Waals surface area contributed by atoms with Crippen LogP contribution in [0, 0.1) is 15.9 Å². The minimum absolute atomic E-state index is 0.534. The molecule has 15 heavy (non-hydrogen) atoms. The molecule has 0 N–H and O–H groups in total. The third-order valence-corrected chi connectivity index (χ3v) is 2.00. The fourth-order valence-electron chi connectivity index (χ4n) is 1.26. The molecule has 0 atom stereocenters. The maximum Gasteiger partial charge on any atom is 0.305 e. The van der Waals surface area contributed by atoms with Gasteiger partial charge in [0.05, 0.1) is 17.4 Å². The molecule has 1 aromatic carbocycles. The zero-order chi connectivity index (χ0) is 10.8. The van der Waals surface area contributed by atoms with E-state index in [0.717, 1.165) is 6.07 Å². The van der Waals surface area contributed by atoms with E-state index in [4.69, 9.17) is 4.42 Å². The van der Waals surface area contributed by atoms with Gasteiger partial charge in [-0.1, -0.05) is 6.07 Å². The molecular formula is C10H6FNO3. The second kappa shape index (κ2) is 3.53. The Morgan fingerprint density at radius 3 is 2.67 bits per heavy atom. The molecule has 1 heterocycles. The molecule has 76 valence electrons. The van der Waals surface area contributed by atoms with Gasteiger partial charge in [-0.25, -0.2) is 0 Å². The highest BCUT2D eigenvalue weighted by Gasteiger charge is 2.15. The molecule has 0 saturated heterocycles. The van der Waals surface area contributed by atoms with Crippen molar-refractivity contribution in [1.82, 2.24) is 0 Å². The summed E-state index contributed by atoms with van der Waals surface area (Å²) in [6.45, 7) is 0. The minimum atomic E-state index is -0.841. The summed E-state index contributed by atoms with van der Waals surface area (Å²) in [5.74, 6) is -0.841. The van der Waals surface area contributed by atoms with E-state index in [1.54, 1.807) is 6.07 Å². The van der Waals surface area contributed by atoms with Gasteiger partial charge < -0.3 is 4.42 Å². The molecule has 1 aromatic heterocycles. The molecule has 2 rings (SSSR count). The molecular weight excluding hydrogens is 201 g/mol. The van der Waals surface area contributed by atoms with E-state index in [9.17, 15) is 14.5 Å². The van der Waals surface area contributed by atoms with Crippen molar-refractivity contribution in [2.75, 3.05) is 0 Å². The largest absolute Gasteiger partial charge is 0.472 e. The molecule has 0 bridgehead atoms. The van der Waals surface area contributed by atoms with Crippen LogP contribution in [0.1, 0.15) is 0 Å². The van der Waals surface area contributed by atoms with Crippen molar-refractivity contribution < 1.29 is 13.7 Å². The highest BCUT2D eigenvalue weighted by Crippen LogP contribution is 2.26. The van der Waals surface area contributed by atoms with Gasteiger partial charge in [0.1, 0.15) is 0 Å². The first-order chi connectivity index (χ1) is 7.18. The molecule has 4 nitrogen and oxygen atoms in total. The number of nitro groups is 1. The smallest absolute Gasteiger partial charge is 0.305 e. The standard InChI is InChI=1S/C10H6FNO3/c11-9-2-1-7(5-10(9)12(13)14)8-3-4-15-6-8/h1-6H. The summed E-state index contributed by atoms with van der Waals surface area (Å²) in [5, 5.41) is 10.5. The van der Waals surface area contributed by atoms with E-state index in [1.165, 1.54) is 24.7 Å². The molecule has 0 aliphatic heterocycles. The van der Waals surface area contributed by atoms with Crippen LogP contribution in [0.15, 0.2) is 41.2 Å². The predicted octanol–water partition coefficient (Wildman–Crippen LogP) is 2.99. The zero-order valence-electron chi connectivity index (χ0n) is 7.51. The van der Waals surface area contributed by atoms with Crippen LogP contribution in [-0.4, -0.2) is 4.92 Å². The molecule has 5 heteroatoms. The Hall–Kier alpha value is -2.17. The summed E-state index contributed by atoms with van der Waals surface area (Å²) < 4.78 is 17.8. The summed E-state index contributed by atoms with van der Waals surface area (Å²) in [7, 11) is 0. The Balaban J connectivity index is 2.52. The van der Waals surface area contributed by atoms with E-state index < -0.39 is 16.4 Å². The first-order valence-corrected chi connectivity index (χ1v) is 4.15. The molecule has 0 fully saturated rings. The molecule has 0 aliphatic carbocycles. The second-order valence-electron chi connectivity index (χ2n) is 2.94. The van der Waals surface area contributed by atoms with E-state index in [1.807, 2.05) is 0 Å². The fourth-order valence-corrected chi connectivity index (χ4v) is 1.26. The van der Waals surface area contributed by atoms with Crippen molar-refractivity contribution in [1.29, 1.82) is 0 Å². The van der Waals surface area contributed by atoms with Gasteiger partial charge in [-0.15, -0.1) is 0 Å². The van der Waals surface area contributed by atoms with Gasteiger partial charge in [0.15, 0.2) is 0 Å². The Morgan fingerprint density at radius 1 is 1.27 bits per heavy atom. The molecule has 0 amide bonds. The Kier molecular flexibility index (Phi) is 2.21. The summed E-state index contributed by atoms with van der Waals surface area (Å²) >= 11 is 0. The maximum absolute atomic E-state index is 13.0. The quantitative estimate of drug-likeness (QED) is 0.561. The lowest BCUT2D eigenvalue weighted by Crippen LogP contribution is -1.92. The van der Waals surface area contributed by atoms with Crippen molar-refractivity contribution >= 4 is 5.69 Å². The molecule has 0 aliphatic rings. The predicted molar refractivity (Wildman–Crippen MR) is 50.8 cm³/mol. The molecule has 0 saturated carbocycles. The van der Waals surface area contributed by atoms with E-state index >= 15 is 0 Å². The number of rotatable bonds is 2. The summed E-state index contributed by atoms with van der Waals surface area (Å²) in [6, 6.07) is 5.37. The Morgan fingerprint density at radius 2 is 2.07 bits per heavy atom. The van der Waals surface area contributed by atoms with Gasteiger partial charge in [0.25, 0.3) is 0 Å². The number of hydrogen-bond donors (Lipinski definition) is 0. The van der Waals surface area contributed by atoms with Crippen LogP contribution in [0.3, 0.4) is 0 Å². The summed E-state index contributed by atoms with van der Waals surface area (Å²) in [6.07, 6.45) is 2.89. The van der Waals surface area contributed by atoms with Crippen LogP contribution < -0.4 is 0 Å². The van der Waals surface area contributed by atoms with E-state index in [-0.39, 0.29) is 0 Å². The molecule has 0 spiro atoms. The monoisotopic (exact) mass is 207 g/mol. The number of furan rings is 1. The number of nitrogens with zero attached hydrogens (tertiary/aromatic N) is 1. The average molecular weight is 207 g/mol. The normalized spacial score (nSPS) is 10.2. The van der Waals surface area contributed by atoms with Crippen molar-refractivity contribution in [3.05, 3.63) is 52.7 Å². The van der Waals surface area contributed by atoms with Gasteiger partial charge in [-0.3, -0.25) is 10.1 Å². The van der Waals surface area contributed by atoms with Crippen LogP contribution >= 0.6 is 0 Å². The summed E-state index contributed by atoms with van der Waals surface area (Å²) in [4.78, 5) is 9.73. The minimum Gasteiger partial charge on any atom is -0.472 e. The lowest BCUT2D eigenvalue weighted by atomic mass is 10.1. The Bertz CT molecular complexity index is 493. The number of hydrogen-bond acceptors (Lipinski definition) is 3. The zero-order valence-corrected chi connectivity index (χ0v) is 7.51. The second-order valence-corrected chi connectivity index (χ2v) is 2.94. The van der Waals surface area contributed by atoms with Crippen molar-refractivity contribution in [2.45, 2.75) is 0 Å². The highest BCUT2D eigenvalue weighted by molar-refractivity contribution is 5.65. The third-order valence-electron chi connectivity index (χ3n) is 2.00. The molecule has 0 radical (unpaired) electrons. The third kappa shape index (κ3) is 1.71. The van der Waals surface area contributed by atoms with Crippen molar-refractivity contribution in [2.24, 2.45) is 0 Å². The number of benzene rings is 1. The van der Waals surface area contributed by atoms with E-state index in [0.29, 0.717) is 11.1 Å². The molecule has 0 unspecified atom stereocenters. The van der Waals surface area contributed by atoms with Gasteiger partial charge in [0, 0.05) is 11.6 Å². The topological polar surface area (TPSA) is 56.3 Å². The van der Waals surface area contributed by atoms with Crippen LogP contribution in [0.5, 0.6) is 0 Å². The average Bonchev–Trinajstić information content (AvgIpc) is 2.71. The highest BCUT2D eigenvalue weighted by atomic mass is 19.1. The lowest BCUT2D eigenvalue weighted by Gasteiger charge is -1.98. The lowest BCUT2D eigenvalue weighted by molar-refractivity contribution is -0.387. The van der Waals surface area contributed by atoms with Crippen LogP contribution in [0.2, 0.25) is 0 Å². The van der Waals surface area contributed by atoms with Gasteiger partial charge in [-0.2, -0.15) is 4.39 Å². The van der Waals surface area contributed by atoms with Gasteiger partial charge in [0.2, 0.25) is 5.82 Å². The summed E-state index contributed by atoms with van der Waals surface area (Å²) in [5.41, 5.74) is 0.698. The van der Waals surface area contributed by atoms with Crippen LogP contribution in [-0.2, 0) is 0 Å². The first kappa shape index (κ1) is 9.39. The number of nitro benzene ring substituents is 1. The van der Waals surface area contributed by atoms with E-state index in [2.05, 4.69) is 0 Å². The van der Waals surface area contributed by atoms with Crippen molar-refractivity contribution in [3.63, 3.8) is 0 Å². The SMILES string of the molecule is O=[N+]([O-])c1cc(-c2ccoc2)ccc1F. The number of halogens is 1. The first-order valence-electron chi connectivity index (χ1n) is 4.15. The van der Waals surface area contributed by atoms with Gasteiger partial charge in [-0.05, 0) is 17.7 Å². The fraction of sp³-hybridized carbons (Fsp3) is 0. The van der Waals surface area contributed by atoms with Crippen LogP contribution in [0.25, 0.3) is 11.1 Å².